The number of hydrogen-bond acceptors (Lipinski definition) is 5. The number of amides is 2. The van der Waals surface area contributed by atoms with Crippen molar-refractivity contribution in [1.29, 1.82) is 0 Å². The quantitative estimate of drug-likeness (QED) is 0.782. The summed E-state index contributed by atoms with van der Waals surface area (Å²) >= 11 is 0. The van der Waals surface area contributed by atoms with Crippen molar-refractivity contribution in [3.8, 4) is 11.5 Å². The van der Waals surface area contributed by atoms with E-state index >= 15 is 0 Å². The number of benzene rings is 1. The fraction of sp³-hybridized carbons (Fsp3) is 0.529. The van der Waals surface area contributed by atoms with Crippen LogP contribution in [-0.2, 0) is 4.74 Å². The molecule has 1 aromatic rings. The average molecular weight is 336 g/mol. The Balaban J connectivity index is 1.82. The SMILES string of the molecule is CC(C)COC(=O)N1CCC(NC(=O)c2cc(O)cc(O)c2)CC1. The summed E-state index contributed by atoms with van der Waals surface area (Å²) < 4.78 is 5.20. The molecule has 132 valence electrons. The predicted molar refractivity (Wildman–Crippen MR) is 88.0 cm³/mol. The maximum Gasteiger partial charge on any atom is 0.409 e. The molecule has 1 aromatic carbocycles. The molecule has 0 spiro atoms. The molecule has 0 radical (unpaired) electrons. The van der Waals surface area contributed by atoms with E-state index in [-0.39, 0.29) is 35.1 Å². The van der Waals surface area contributed by atoms with Crippen LogP contribution in [0.4, 0.5) is 4.79 Å². The Morgan fingerprint density at radius 3 is 2.33 bits per heavy atom. The van der Waals surface area contributed by atoms with Gasteiger partial charge in [0, 0.05) is 30.8 Å². The van der Waals surface area contributed by atoms with Crippen LogP contribution in [0.5, 0.6) is 11.5 Å². The van der Waals surface area contributed by atoms with Gasteiger partial charge in [-0.3, -0.25) is 4.79 Å². The van der Waals surface area contributed by atoms with E-state index in [1.165, 1.54) is 12.1 Å². The first-order valence-electron chi connectivity index (χ1n) is 8.10. The third kappa shape index (κ3) is 5.04. The zero-order chi connectivity index (χ0) is 17.7. The molecule has 1 aliphatic heterocycles. The zero-order valence-corrected chi connectivity index (χ0v) is 14.0. The van der Waals surface area contributed by atoms with E-state index in [1.54, 1.807) is 4.90 Å². The van der Waals surface area contributed by atoms with Gasteiger partial charge in [0.15, 0.2) is 0 Å². The number of phenolic OH excluding ortho intramolecular Hbond substituents is 2. The van der Waals surface area contributed by atoms with Crippen LogP contribution in [0.25, 0.3) is 0 Å². The van der Waals surface area contributed by atoms with E-state index in [4.69, 9.17) is 4.74 Å². The van der Waals surface area contributed by atoms with Crippen molar-refractivity contribution in [2.45, 2.75) is 32.7 Å². The first-order chi connectivity index (χ1) is 11.3. The maximum absolute atomic E-state index is 12.2. The Hall–Kier alpha value is -2.44. The van der Waals surface area contributed by atoms with Crippen LogP contribution in [0.2, 0.25) is 0 Å². The van der Waals surface area contributed by atoms with Gasteiger partial charge >= 0.3 is 6.09 Å². The minimum absolute atomic E-state index is 0.0591. The fourth-order valence-electron chi connectivity index (χ4n) is 2.53. The summed E-state index contributed by atoms with van der Waals surface area (Å²) in [5, 5.41) is 21.7. The summed E-state index contributed by atoms with van der Waals surface area (Å²) in [4.78, 5) is 25.7. The molecule has 0 unspecified atom stereocenters. The number of nitrogens with zero attached hydrogens (tertiary/aromatic N) is 1. The van der Waals surface area contributed by atoms with Gasteiger partial charge in [-0.2, -0.15) is 0 Å². The molecule has 0 saturated carbocycles. The van der Waals surface area contributed by atoms with Crippen LogP contribution in [-0.4, -0.2) is 52.9 Å². The molecule has 0 aliphatic carbocycles. The summed E-state index contributed by atoms with van der Waals surface area (Å²) in [6.45, 7) is 5.40. The molecular weight excluding hydrogens is 312 g/mol. The van der Waals surface area contributed by atoms with Crippen LogP contribution >= 0.6 is 0 Å². The monoisotopic (exact) mass is 336 g/mol. The molecule has 3 N–H and O–H groups in total. The normalized spacial score (nSPS) is 15.4. The van der Waals surface area contributed by atoms with Crippen molar-refractivity contribution in [3.63, 3.8) is 0 Å². The van der Waals surface area contributed by atoms with Crippen LogP contribution < -0.4 is 5.32 Å². The second-order valence-electron chi connectivity index (χ2n) is 6.44. The second kappa shape index (κ2) is 7.90. The Morgan fingerprint density at radius 1 is 1.21 bits per heavy atom. The second-order valence-corrected chi connectivity index (χ2v) is 6.44. The number of rotatable bonds is 4. The smallest absolute Gasteiger partial charge is 0.409 e. The van der Waals surface area contributed by atoms with Gasteiger partial charge in [-0.15, -0.1) is 0 Å². The molecular formula is C17H24N2O5. The minimum Gasteiger partial charge on any atom is -0.508 e. The predicted octanol–water partition coefficient (Wildman–Crippen LogP) is 2.08. The molecule has 1 heterocycles. The standard InChI is InChI=1S/C17H24N2O5/c1-11(2)10-24-17(23)19-5-3-13(4-6-19)18-16(22)12-7-14(20)9-15(21)8-12/h7-9,11,13,20-21H,3-6,10H2,1-2H3,(H,18,22). The summed E-state index contributed by atoms with van der Waals surface area (Å²) in [5.74, 6) is -0.391. The van der Waals surface area contributed by atoms with Gasteiger partial charge in [0.05, 0.1) is 6.61 Å². The first kappa shape index (κ1) is 17.9. The average Bonchev–Trinajstić information content (AvgIpc) is 2.52. The Labute approximate surface area is 141 Å². The van der Waals surface area contributed by atoms with Crippen LogP contribution in [0, 0.1) is 5.92 Å². The molecule has 24 heavy (non-hydrogen) atoms. The lowest BCUT2D eigenvalue weighted by atomic mass is 10.0. The van der Waals surface area contributed by atoms with Gasteiger partial charge in [0.1, 0.15) is 11.5 Å². The highest BCUT2D eigenvalue weighted by molar-refractivity contribution is 5.95. The summed E-state index contributed by atoms with van der Waals surface area (Å²) in [5.41, 5.74) is 0.200. The van der Waals surface area contributed by atoms with Gasteiger partial charge in [0.2, 0.25) is 0 Å². The van der Waals surface area contributed by atoms with Crippen molar-refractivity contribution in [3.05, 3.63) is 23.8 Å². The summed E-state index contributed by atoms with van der Waals surface area (Å²) in [7, 11) is 0. The van der Waals surface area contributed by atoms with Crippen LogP contribution in [0.3, 0.4) is 0 Å². The molecule has 1 saturated heterocycles. The highest BCUT2D eigenvalue weighted by Crippen LogP contribution is 2.21. The van der Waals surface area contributed by atoms with Crippen LogP contribution in [0.1, 0.15) is 37.0 Å². The van der Waals surface area contributed by atoms with Crippen molar-refractivity contribution < 1.29 is 24.5 Å². The lowest BCUT2D eigenvalue weighted by molar-refractivity contribution is 0.0785. The van der Waals surface area contributed by atoms with Gasteiger partial charge in [-0.05, 0) is 30.9 Å². The van der Waals surface area contributed by atoms with Crippen molar-refractivity contribution in [1.82, 2.24) is 10.2 Å². The van der Waals surface area contributed by atoms with E-state index in [1.807, 2.05) is 13.8 Å². The van der Waals surface area contributed by atoms with E-state index in [9.17, 15) is 19.8 Å². The number of piperidine rings is 1. The van der Waals surface area contributed by atoms with Gasteiger partial charge in [-0.1, -0.05) is 13.8 Å². The molecule has 1 aliphatic rings. The van der Waals surface area contributed by atoms with E-state index in [2.05, 4.69) is 5.32 Å². The third-order valence-corrected chi connectivity index (χ3v) is 3.79. The molecule has 0 bridgehead atoms. The Morgan fingerprint density at radius 2 is 1.79 bits per heavy atom. The molecule has 2 amide bonds. The third-order valence-electron chi connectivity index (χ3n) is 3.79. The number of hydrogen-bond donors (Lipinski definition) is 3. The number of carbonyl (C=O) groups excluding carboxylic acids is 2. The number of likely N-dealkylation sites (tertiary alicyclic amines) is 1. The molecule has 0 atom stereocenters. The van der Waals surface area contributed by atoms with E-state index < -0.39 is 0 Å². The molecule has 7 heteroatoms. The van der Waals surface area contributed by atoms with Crippen LogP contribution in [0.15, 0.2) is 18.2 Å². The number of phenols is 2. The van der Waals surface area contributed by atoms with Crippen molar-refractivity contribution in [2.24, 2.45) is 5.92 Å². The number of ether oxygens (including phenoxy) is 1. The van der Waals surface area contributed by atoms with Crippen molar-refractivity contribution >= 4 is 12.0 Å². The highest BCUT2D eigenvalue weighted by Gasteiger charge is 2.25. The van der Waals surface area contributed by atoms with E-state index in [0.717, 1.165) is 6.07 Å². The minimum atomic E-state index is -0.359. The Kier molecular flexibility index (Phi) is 5.89. The zero-order valence-electron chi connectivity index (χ0n) is 14.0. The highest BCUT2D eigenvalue weighted by atomic mass is 16.6. The van der Waals surface area contributed by atoms with E-state index in [0.29, 0.717) is 38.5 Å². The van der Waals surface area contributed by atoms with Crippen molar-refractivity contribution in [2.75, 3.05) is 19.7 Å². The largest absolute Gasteiger partial charge is 0.508 e. The fourth-order valence-corrected chi connectivity index (χ4v) is 2.53. The van der Waals surface area contributed by atoms with Gasteiger partial charge in [-0.25, -0.2) is 4.79 Å². The van der Waals surface area contributed by atoms with Gasteiger partial charge < -0.3 is 25.2 Å². The Bertz CT molecular complexity index is 574. The number of aromatic hydroxyl groups is 2. The number of nitrogens with one attached hydrogen (secondary N) is 1. The lowest BCUT2D eigenvalue weighted by Gasteiger charge is -2.31. The maximum atomic E-state index is 12.2. The first-order valence-corrected chi connectivity index (χ1v) is 8.10. The summed E-state index contributed by atoms with van der Waals surface area (Å²) in [6, 6.07) is 3.70. The molecule has 0 aromatic heterocycles. The molecule has 2 rings (SSSR count). The topological polar surface area (TPSA) is 99.1 Å². The lowest BCUT2D eigenvalue weighted by Crippen LogP contribution is -2.46. The van der Waals surface area contributed by atoms with Gasteiger partial charge in [0.25, 0.3) is 5.91 Å². The summed E-state index contributed by atoms with van der Waals surface area (Å²) in [6.07, 6.45) is 0.951. The number of carbonyl (C=O) groups is 2. The molecule has 7 nitrogen and oxygen atoms in total. The molecule has 1 fully saturated rings.